The number of sulfone groups is 1. The van der Waals surface area contributed by atoms with Gasteiger partial charge in [0.1, 0.15) is 11.4 Å². The molecule has 1 aromatic heterocycles. The summed E-state index contributed by atoms with van der Waals surface area (Å²) in [5.74, 6) is -0.706. The molecular formula is C11H13BrN2O4S. The predicted molar refractivity (Wildman–Crippen MR) is 74.2 cm³/mol. The Morgan fingerprint density at radius 3 is 2.89 bits per heavy atom. The van der Waals surface area contributed by atoms with E-state index < -0.39 is 21.1 Å². The fourth-order valence-electron chi connectivity index (χ4n) is 2.04. The van der Waals surface area contributed by atoms with Crippen LogP contribution in [0.25, 0.3) is 0 Å². The monoisotopic (exact) mass is 348 g/mol. The molecule has 104 valence electrons. The van der Waals surface area contributed by atoms with E-state index >= 15 is 0 Å². The van der Waals surface area contributed by atoms with E-state index in [9.17, 15) is 13.2 Å². The number of nitrogens with one attached hydrogen (secondary N) is 1. The van der Waals surface area contributed by atoms with Crippen molar-refractivity contribution in [1.82, 2.24) is 4.98 Å². The number of pyridine rings is 1. The molecule has 0 spiro atoms. The van der Waals surface area contributed by atoms with Gasteiger partial charge in [-0.2, -0.15) is 0 Å². The SMILES string of the molecule is O=C(O)c1cc(Br)cnc1NCC1CCCS1(=O)=O. The quantitative estimate of drug-likeness (QED) is 0.856. The third kappa shape index (κ3) is 3.24. The summed E-state index contributed by atoms with van der Waals surface area (Å²) in [6.07, 6.45) is 2.74. The minimum atomic E-state index is -3.05. The lowest BCUT2D eigenvalue weighted by atomic mass is 10.2. The van der Waals surface area contributed by atoms with Crippen LogP contribution in [0.5, 0.6) is 0 Å². The topological polar surface area (TPSA) is 96.4 Å². The van der Waals surface area contributed by atoms with Gasteiger partial charge in [-0.25, -0.2) is 18.2 Å². The van der Waals surface area contributed by atoms with E-state index in [1.54, 1.807) is 0 Å². The highest BCUT2D eigenvalue weighted by Gasteiger charge is 2.31. The number of aromatic carboxylic acids is 1. The van der Waals surface area contributed by atoms with Gasteiger partial charge in [-0.05, 0) is 34.8 Å². The predicted octanol–water partition coefficient (Wildman–Crippen LogP) is 1.53. The molecule has 2 heterocycles. The molecule has 0 saturated carbocycles. The number of hydrogen-bond donors (Lipinski definition) is 2. The van der Waals surface area contributed by atoms with Crippen molar-refractivity contribution >= 4 is 37.6 Å². The Hall–Kier alpha value is -1.15. The van der Waals surface area contributed by atoms with E-state index in [0.717, 1.165) is 0 Å². The molecule has 2 N–H and O–H groups in total. The number of hydrogen-bond acceptors (Lipinski definition) is 5. The standard InChI is InChI=1S/C11H13BrN2O4S/c12-7-4-9(11(15)16)10(13-5-7)14-6-8-2-1-3-19(8,17)18/h4-5,8H,1-3,6H2,(H,13,14)(H,15,16). The number of carbonyl (C=O) groups is 1. The van der Waals surface area contributed by atoms with E-state index in [-0.39, 0.29) is 23.7 Å². The van der Waals surface area contributed by atoms with Crippen molar-refractivity contribution in [2.45, 2.75) is 18.1 Å². The van der Waals surface area contributed by atoms with E-state index in [1.807, 2.05) is 0 Å². The Morgan fingerprint density at radius 1 is 1.58 bits per heavy atom. The van der Waals surface area contributed by atoms with Crippen LogP contribution in [0.4, 0.5) is 5.82 Å². The first-order valence-corrected chi connectivity index (χ1v) is 8.25. The van der Waals surface area contributed by atoms with Gasteiger partial charge in [0.05, 0.1) is 11.0 Å². The van der Waals surface area contributed by atoms with Gasteiger partial charge in [0.2, 0.25) is 0 Å². The largest absolute Gasteiger partial charge is 0.478 e. The Bertz CT molecular complexity index is 603. The van der Waals surface area contributed by atoms with Crippen molar-refractivity contribution in [3.05, 3.63) is 22.3 Å². The summed E-state index contributed by atoms with van der Waals surface area (Å²) in [6, 6.07) is 1.43. The first-order chi connectivity index (χ1) is 8.90. The third-order valence-electron chi connectivity index (χ3n) is 3.04. The van der Waals surface area contributed by atoms with Crippen LogP contribution in [0.15, 0.2) is 16.7 Å². The van der Waals surface area contributed by atoms with E-state index in [1.165, 1.54) is 12.3 Å². The lowest BCUT2D eigenvalue weighted by molar-refractivity contribution is 0.0697. The molecule has 8 heteroatoms. The highest BCUT2D eigenvalue weighted by atomic mass is 79.9. The van der Waals surface area contributed by atoms with Gasteiger partial charge in [0.25, 0.3) is 0 Å². The highest BCUT2D eigenvalue weighted by molar-refractivity contribution is 9.10. The summed E-state index contributed by atoms with van der Waals surface area (Å²) in [6.45, 7) is 0.192. The smallest absolute Gasteiger partial charge is 0.339 e. The summed E-state index contributed by atoms with van der Waals surface area (Å²) >= 11 is 3.15. The molecule has 19 heavy (non-hydrogen) atoms. The molecule has 2 rings (SSSR count). The van der Waals surface area contributed by atoms with Crippen LogP contribution in [-0.4, -0.2) is 42.0 Å². The zero-order chi connectivity index (χ0) is 14.0. The van der Waals surface area contributed by atoms with E-state index in [0.29, 0.717) is 17.3 Å². The average Bonchev–Trinajstić information content (AvgIpc) is 2.66. The number of anilines is 1. The number of carboxylic acid groups (broad SMARTS) is 1. The molecule has 1 saturated heterocycles. The third-order valence-corrected chi connectivity index (χ3v) is 5.75. The molecule has 0 amide bonds. The molecule has 1 unspecified atom stereocenters. The molecule has 1 fully saturated rings. The summed E-state index contributed by atoms with van der Waals surface area (Å²) < 4.78 is 23.9. The summed E-state index contributed by atoms with van der Waals surface area (Å²) in [5, 5.41) is 11.4. The highest BCUT2D eigenvalue weighted by Crippen LogP contribution is 2.22. The Kier molecular flexibility index (Phi) is 4.10. The van der Waals surface area contributed by atoms with Crippen molar-refractivity contribution in [3.8, 4) is 0 Å². The maximum Gasteiger partial charge on any atom is 0.339 e. The number of carboxylic acids is 1. The van der Waals surface area contributed by atoms with Crippen LogP contribution in [0.1, 0.15) is 23.2 Å². The normalized spacial score (nSPS) is 21.2. The Morgan fingerprint density at radius 2 is 2.32 bits per heavy atom. The number of rotatable bonds is 4. The number of aromatic nitrogens is 1. The van der Waals surface area contributed by atoms with Crippen molar-refractivity contribution in [3.63, 3.8) is 0 Å². The summed E-state index contributed by atoms with van der Waals surface area (Å²) in [5.41, 5.74) is 0.0183. The van der Waals surface area contributed by atoms with Crippen molar-refractivity contribution in [2.75, 3.05) is 17.6 Å². The number of nitrogens with zero attached hydrogens (tertiary/aromatic N) is 1. The minimum Gasteiger partial charge on any atom is -0.478 e. The van der Waals surface area contributed by atoms with Crippen molar-refractivity contribution < 1.29 is 18.3 Å². The lowest BCUT2D eigenvalue weighted by Crippen LogP contribution is -2.26. The van der Waals surface area contributed by atoms with Crippen molar-refractivity contribution in [1.29, 1.82) is 0 Å². The van der Waals surface area contributed by atoms with Gasteiger partial charge in [0, 0.05) is 17.2 Å². The van der Waals surface area contributed by atoms with Gasteiger partial charge in [-0.1, -0.05) is 0 Å². The Labute approximate surface area is 119 Å². The lowest BCUT2D eigenvalue weighted by Gasteiger charge is -2.13. The minimum absolute atomic E-state index is 0.0183. The van der Waals surface area contributed by atoms with Crippen LogP contribution < -0.4 is 5.32 Å². The first kappa shape index (κ1) is 14.3. The van der Waals surface area contributed by atoms with E-state index in [4.69, 9.17) is 5.11 Å². The average molecular weight is 349 g/mol. The molecule has 0 aliphatic carbocycles. The van der Waals surface area contributed by atoms with Crippen LogP contribution in [0.3, 0.4) is 0 Å². The van der Waals surface area contributed by atoms with Gasteiger partial charge >= 0.3 is 5.97 Å². The second-order valence-corrected chi connectivity index (χ2v) is 7.68. The molecule has 0 radical (unpaired) electrons. The molecular weight excluding hydrogens is 336 g/mol. The maximum absolute atomic E-state index is 11.7. The van der Waals surface area contributed by atoms with Gasteiger partial charge in [-0.15, -0.1) is 0 Å². The van der Waals surface area contributed by atoms with Crippen LogP contribution in [-0.2, 0) is 9.84 Å². The van der Waals surface area contributed by atoms with Crippen LogP contribution >= 0.6 is 15.9 Å². The molecule has 1 atom stereocenters. The number of halogens is 1. The first-order valence-electron chi connectivity index (χ1n) is 5.74. The van der Waals surface area contributed by atoms with Gasteiger partial charge < -0.3 is 10.4 Å². The zero-order valence-corrected chi connectivity index (χ0v) is 12.4. The molecule has 6 nitrogen and oxygen atoms in total. The van der Waals surface area contributed by atoms with E-state index in [2.05, 4.69) is 26.2 Å². The second-order valence-electron chi connectivity index (χ2n) is 4.37. The summed E-state index contributed by atoms with van der Waals surface area (Å²) in [4.78, 5) is 15.1. The van der Waals surface area contributed by atoms with Crippen LogP contribution in [0.2, 0.25) is 0 Å². The molecule has 1 aromatic rings. The molecule has 0 aromatic carbocycles. The molecule has 1 aliphatic rings. The maximum atomic E-state index is 11.7. The molecule has 1 aliphatic heterocycles. The van der Waals surface area contributed by atoms with Crippen molar-refractivity contribution in [2.24, 2.45) is 0 Å². The second kappa shape index (κ2) is 5.46. The van der Waals surface area contributed by atoms with Gasteiger partial charge in [0.15, 0.2) is 9.84 Å². The fourth-order valence-corrected chi connectivity index (χ4v) is 4.14. The zero-order valence-electron chi connectivity index (χ0n) is 9.97. The summed E-state index contributed by atoms with van der Waals surface area (Å²) in [7, 11) is -3.05. The van der Waals surface area contributed by atoms with Gasteiger partial charge in [-0.3, -0.25) is 0 Å². The van der Waals surface area contributed by atoms with Crippen LogP contribution in [0, 0.1) is 0 Å². The Balaban J connectivity index is 2.14. The molecule has 0 bridgehead atoms. The fraction of sp³-hybridized carbons (Fsp3) is 0.455.